The first-order valence-electron chi connectivity index (χ1n) is 2.42. The molecule has 0 amide bonds. The van der Waals surface area contributed by atoms with Crippen molar-refractivity contribution in [1.29, 1.82) is 0 Å². The Balaban J connectivity index is 2.62. The number of alkyl halides is 1. The van der Waals surface area contributed by atoms with E-state index < -0.39 is 5.97 Å². The van der Waals surface area contributed by atoms with E-state index in [4.69, 9.17) is 5.11 Å². The second kappa shape index (κ2) is 2.75. The quantitative estimate of drug-likeness (QED) is 0.664. The van der Waals surface area contributed by atoms with Crippen LogP contribution in [0.1, 0.15) is 0 Å². The smallest absolute Gasteiger partial charge is 0.341 e. The van der Waals surface area contributed by atoms with Gasteiger partial charge in [-0.2, -0.15) is 0 Å². The Bertz CT molecular complexity index is 166. The Morgan fingerprint density at radius 1 is 2.00 bits per heavy atom. The zero-order valence-electron chi connectivity index (χ0n) is 4.50. The lowest BCUT2D eigenvalue weighted by Gasteiger charge is -1.87. The van der Waals surface area contributed by atoms with Crippen LogP contribution in [0, 0.1) is 0 Å². The Morgan fingerprint density at radius 2 is 2.67 bits per heavy atom. The minimum Gasteiger partial charge on any atom is -0.477 e. The van der Waals surface area contributed by atoms with Crippen molar-refractivity contribution in [3.63, 3.8) is 0 Å². The van der Waals surface area contributed by atoms with E-state index in [0.717, 1.165) is 5.75 Å². The Morgan fingerprint density at radius 3 is 2.89 bits per heavy atom. The van der Waals surface area contributed by atoms with Gasteiger partial charge < -0.3 is 5.11 Å². The molecule has 0 aliphatic carbocycles. The fraction of sp³-hybridized carbons (Fsp3) is 0.400. The summed E-state index contributed by atoms with van der Waals surface area (Å²) in [4.78, 5) is 10.9. The van der Waals surface area contributed by atoms with Crippen molar-refractivity contribution >= 4 is 33.7 Å². The minimum absolute atomic E-state index is 0.244. The summed E-state index contributed by atoms with van der Waals surface area (Å²) in [6.45, 7) is 0. The molecule has 1 atom stereocenters. The molecule has 9 heavy (non-hydrogen) atoms. The van der Waals surface area contributed by atoms with Crippen molar-refractivity contribution in [2.45, 2.75) is 4.83 Å². The normalized spacial score (nSPS) is 25.9. The maximum absolute atomic E-state index is 10.2. The highest BCUT2D eigenvalue weighted by atomic mass is 79.9. The SMILES string of the molecule is O=C(O)C1=CC(Br)CS1. The summed E-state index contributed by atoms with van der Waals surface area (Å²) in [6, 6.07) is 0. The zero-order valence-corrected chi connectivity index (χ0v) is 6.91. The van der Waals surface area contributed by atoms with Gasteiger partial charge >= 0.3 is 5.97 Å². The predicted octanol–water partition coefficient (Wildman–Crippen LogP) is 1.47. The highest BCUT2D eigenvalue weighted by molar-refractivity contribution is 9.09. The molecule has 0 saturated carbocycles. The van der Waals surface area contributed by atoms with Crippen molar-refractivity contribution in [2.24, 2.45) is 0 Å². The van der Waals surface area contributed by atoms with Gasteiger partial charge in [0.2, 0.25) is 0 Å². The van der Waals surface area contributed by atoms with Crippen LogP contribution in [0.5, 0.6) is 0 Å². The molecule has 0 aromatic rings. The van der Waals surface area contributed by atoms with Crippen LogP contribution in [0.4, 0.5) is 0 Å². The number of halogens is 1. The fourth-order valence-electron chi connectivity index (χ4n) is 0.563. The van der Waals surface area contributed by atoms with Crippen LogP contribution in [0.2, 0.25) is 0 Å². The van der Waals surface area contributed by atoms with Crippen molar-refractivity contribution in [1.82, 2.24) is 0 Å². The number of hydrogen-bond donors (Lipinski definition) is 1. The van der Waals surface area contributed by atoms with Crippen LogP contribution in [0.25, 0.3) is 0 Å². The molecule has 0 spiro atoms. The van der Waals surface area contributed by atoms with Crippen LogP contribution in [-0.2, 0) is 4.79 Å². The lowest BCUT2D eigenvalue weighted by molar-refractivity contribution is -0.131. The Hall–Kier alpha value is 0.0400. The van der Waals surface area contributed by atoms with E-state index in [-0.39, 0.29) is 4.83 Å². The van der Waals surface area contributed by atoms with E-state index in [9.17, 15) is 4.79 Å². The molecular formula is C5H5BrO2S. The molecule has 1 aliphatic heterocycles. The van der Waals surface area contributed by atoms with Crippen LogP contribution >= 0.6 is 27.7 Å². The zero-order chi connectivity index (χ0) is 6.85. The molecule has 0 aromatic heterocycles. The summed E-state index contributed by atoms with van der Waals surface area (Å²) in [6.07, 6.45) is 1.72. The van der Waals surface area contributed by atoms with Crippen LogP contribution in [-0.4, -0.2) is 21.7 Å². The molecule has 2 nitrogen and oxygen atoms in total. The van der Waals surface area contributed by atoms with Gasteiger partial charge in [-0.25, -0.2) is 4.79 Å². The van der Waals surface area contributed by atoms with Crippen molar-refractivity contribution < 1.29 is 9.90 Å². The van der Waals surface area contributed by atoms with Gasteiger partial charge in [0.15, 0.2) is 0 Å². The van der Waals surface area contributed by atoms with Gasteiger partial charge in [-0.1, -0.05) is 15.9 Å². The number of carboxylic acids is 1. The summed E-state index contributed by atoms with van der Waals surface area (Å²) in [5, 5.41) is 8.42. The third-order valence-electron chi connectivity index (χ3n) is 0.941. The molecule has 4 heteroatoms. The first kappa shape index (κ1) is 7.15. The van der Waals surface area contributed by atoms with Gasteiger partial charge in [-0.3, -0.25) is 0 Å². The summed E-state index contributed by atoms with van der Waals surface area (Å²) >= 11 is 4.66. The first-order chi connectivity index (χ1) is 4.20. The number of thioether (sulfide) groups is 1. The molecule has 50 valence electrons. The predicted molar refractivity (Wildman–Crippen MR) is 40.9 cm³/mol. The average molecular weight is 209 g/mol. The fourth-order valence-corrected chi connectivity index (χ4v) is 2.22. The number of hydrogen-bond acceptors (Lipinski definition) is 2. The van der Waals surface area contributed by atoms with Crippen LogP contribution in [0.15, 0.2) is 11.0 Å². The number of carbonyl (C=O) groups is 1. The average Bonchev–Trinajstić information content (AvgIpc) is 2.14. The molecule has 1 heterocycles. The summed E-state index contributed by atoms with van der Waals surface area (Å²) in [5.74, 6) is 0.0173. The lowest BCUT2D eigenvalue weighted by Crippen LogP contribution is -1.93. The molecular weight excluding hydrogens is 204 g/mol. The largest absolute Gasteiger partial charge is 0.477 e. The Labute approximate surface area is 65.4 Å². The molecule has 1 N–H and O–H groups in total. The standard InChI is InChI=1S/C5H5BrO2S/c6-3-1-4(5(7)8)9-2-3/h1,3H,2H2,(H,7,8). The van der Waals surface area contributed by atoms with E-state index in [0.29, 0.717) is 4.91 Å². The van der Waals surface area contributed by atoms with Gasteiger partial charge in [0.1, 0.15) is 0 Å². The van der Waals surface area contributed by atoms with Crippen LogP contribution in [0.3, 0.4) is 0 Å². The molecule has 0 saturated heterocycles. The first-order valence-corrected chi connectivity index (χ1v) is 4.32. The summed E-state index contributed by atoms with van der Waals surface area (Å²) in [7, 11) is 0. The van der Waals surface area contributed by atoms with E-state index in [2.05, 4.69) is 15.9 Å². The number of rotatable bonds is 1. The van der Waals surface area contributed by atoms with Gasteiger partial charge in [0.05, 0.1) is 4.91 Å². The second-order valence-corrected chi connectivity index (χ2v) is 3.90. The minimum atomic E-state index is -0.818. The molecule has 1 rings (SSSR count). The van der Waals surface area contributed by atoms with Gasteiger partial charge in [-0.05, 0) is 6.08 Å². The molecule has 0 radical (unpaired) electrons. The molecule has 1 unspecified atom stereocenters. The third-order valence-corrected chi connectivity index (χ3v) is 3.11. The van der Waals surface area contributed by atoms with Gasteiger partial charge in [0.25, 0.3) is 0 Å². The Kier molecular flexibility index (Phi) is 2.18. The highest BCUT2D eigenvalue weighted by Crippen LogP contribution is 2.28. The maximum Gasteiger partial charge on any atom is 0.341 e. The third kappa shape index (κ3) is 1.72. The van der Waals surface area contributed by atoms with E-state index in [1.807, 2.05) is 0 Å². The number of aliphatic carboxylic acids is 1. The second-order valence-electron chi connectivity index (χ2n) is 1.66. The van der Waals surface area contributed by atoms with E-state index in [1.54, 1.807) is 6.08 Å². The van der Waals surface area contributed by atoms with E-state index in [1.165, 1.54) is 11.8 Å². The van der Waals surface area contributed by atoms with Gasteiger partial charge in [-0.15, -0.1) is 11.8 Å². The van der Waals surface area contributed by atoms with Crippen LogP contribution < -0.4 is 0 Å². The number of carboxylic acid groups (broad SMARTS) is 1. The van der Waals surface area contributed by atoms with Crippen molar-refractivity contribution in [3.05, 3.63) is 11.0 Å². The topological polar surface area (TPSA) is 37.3 Å². The molecule has 0 bridgehead atoms. The monoisotopic (exact) mass is 208 g/mol. The highest BCUT2D eigenvalue weighted by Gasteiger charge is 2.18. The van der Waals surface area contributed by atoms with Gasteiger partial charge in [0, 0.05) is 10.6 Å². The lowest BCUT2D eigenvalue weighted by atomic mass is 10.4. The maximum atomic E-state index is 10.2. The number of allylic oxidation sites excluding steroid dienone is 1. The molecule has 0 aromatic carbocycles. The van der Waals surface area contributed by atoms with Crippen molar-refractivity contribution in [3.8, 4) is 0 Å². The summed E-state index contributed by atoms with van der Waals surface area (Å²) in [5.41, 5.74) is 0. The van der Waals surface area contributed by atoms with Crippen molar-refractivity contribution in [2.75, 3.05) is 5.75 Å². The molecule has 0 fully saturated rings. The van der Waals surface area contributed by atoms with E-state index >= 15 is 0 Å². The summed E-state index contributed by atoms with van der Waals surface area (Å²) < 4.78 is 0. The molecule has 1 aliphatic rings.